The Morgan fingerprint density at radius 1 is 0.867 bits per heavy atom. The van der Waals surface area contributed by atoms with Crippen LogP contribution in [0.2, 0.25) is 0 Å². The monoisotopic (exact) mass is 214 g/mol. The number of rotatable bonds is 1. The van der Waals surface area contributed by atoms with Crippen molar-refractivity contribution in [3.8, 4) is 0 Å². The summed E-state index contributed by atoms with van der Waals surface area (Å²) in [4.78, 5) is 2.47. The first-order valence-corrected chi connectivity index (χ1v) is 6.17. The third-order valence-corrected chi connectivity index (χ3v) is 2.81. The quantitative estimate of drug-likeness (QED) is 0.567. The zero-order chi connectivity index (χ0) is 10.9. The van der Waals surface area contributed by atoms with Crippen molar-refractivity contribution in [1.82, 2.24) is 20.9 Å². The summed E-state index contributed by atoms with van der Waals surface area (Å²) < 4.78 is 0. The van der Waals surface area contributed by atoms with Crippen LogP contribution in [0.3, 0.4) is 0 Å². The summed E-state index contributed by atoms with van der Waals surface area (Å²) in [7, 11) is 0. The van der Waals surface area contributed by atoms with Gasteiger partial charge >= 0.3 is 0 Å². The largest absolute Gasteiger partial charge is 0.315 e. The maximum Gasteiger partial charge on any atom is 0.0483 e. The molecule has 0 bridgehead atoms. The van der Waals surface area contributed by atoms with Crippen molar-refractivity contribution in [2.24, 2.45) is 0 Å². The minimum Gasteiger partial charge on any atom is -0.315 e. The average molecular weight is 214 g/mol. The van der Waals surface area contributed by atoms with Gasteiger partial charge in [-0.05, 0) is 33.4 Å². The number of nitrogens with zero attached hydrogens (tertiary/aromatic N) is 1. The van der Waals surface area contributed by atoms with Gasteiger partial charge in [0.05, 0.1) is 0 Å². The van der Waals surface area contributed by atoms with Crippen LogP contribution < -0.4 is 16.0 Å². The minimum atomic E-state index is 0.625. The maximum absolute atomic E-state index is 3.49. The lowest BCUT2D eigenvalue weighted by Gasteiger charge is -2.27. The molecule has 15 heavy (non-hydrogen) atoms. The minimum absolute atomic E-state index is 0.625. The Balaban J connectivity index is 2.25. The van der Waals surface area contributed by atoms with E-state index in [9.17, 15) is 0 Å². The first-order chi connectivity index (χ1) is 7.30. The van der Waals surface area contributed by atoms with Gasteiger partial charge in [-0.1, -0.05) is 0 Å². The lowest BCUT2D eigenvalue weighted by atomic mass is 10.3. The van der Waals surface area contributed by atoms with Gasteiger partial charge in [0.25, 0.3) is 0 Å². The van der Waals surface area contributed by atoms with E-state index in [0.717, 1.165) is 45.9 Å². The van der Waals surface area contributed by atoms with E-state index < -0.39 is 0 Å². The molecule has 1 aliphatic rings. The Labute approximate surface area is 93.8 Å². The third kappa shape index (κ3) is 6.10. The lowest BCUT2D eigenvalue weighted by molar-refractivity contribution is 0.204. The summed E-state index contributed by atoms with van der Waals surface area (Å²) in [5.41, 5.74) is 0. The van der Waals surface area contributed by atoms with Gasteiger partial charge in [0.2, 0.25) is 0 Å². The van der Waals surface area contributed by atoms with Crippen molar-refractivity contribution in [1.29, 1.82) is 0 Å². The fourth-order valence-electron chi connectivity index (χ4n) is 1.73. The predicted molar refractivity (Wildman–Crippen MR) is 65.1 cm³/mol. The first kappa shape index (κ1) is 12.9. The second-order valence-electron chi connectivity index (χ2n) is 4.42. The highest BCUT2D eigenvalue weighted by atomic mass is 15.2. The molecule has 0 aromatic carbocycles. The van der Waals surface area contributed by atoms with Crippen LogP contribution in [0.5, 0.6) is 0 Å². The zero-order valence-corrected chi connectivity index (χ0v) is 10.2. The summed E-state index contributed by atoms with van der Waals surface area (Å²) in [5, 5.41) is 10.4. The lowest BCUT2D eigenvalue weighted by Crippen LogP contribution is -2.44. The molecule has 1 heterocycles. The molecular weight excluding hydrogens is 188 g/mol. The Morgan fingerprint density at radius 3 is 2.27 bits per heavy atom. The number of nitrogens with one attached hydrogen (secondary N) is 3. The van der Waals surface area contributed by atoms with E-state index in [-0.39, 0.29) is 0 Å². The maximum atomic E-state index is 3.49. The third-order valence-electron chi connectivity index (χ3n) is 2.81. The predicted octanol–water partition coefficient (Wildman–Crippen LogP) is -0.173. The molecule has 4 nitrogen and oxygen atoms in total. The zero-order valence-electron chi connectivity index (χ0n) is 10.2. The van der Waals surface area contributed by atoms with Crippen molar-refractivity contribution in [3.63, 3.8) is 0 Å². The van der Waals surface area contributed by atoms with Crippen LogP contribution in [0.1, 0.15) is 20.3 Å². The van der Waals surface area contributed by atoms with E-state index in [2.05, 4.69) is 34.7 Å². The van der Waals surface area contributed by atoms with Crippen LogP contribution in [0, 0.1) is 0 Å². The Kier molecular flexibility index (Phi) is 6.92. The molecule has 0 aliphatic carbocycles. The van der Waals surface area contributed by atoms with Crippen LogP contribution in [-0.4, -0.2) is 56.9 Å². The average Bonchev–Trinajstić information content (AvgIpc) is 2.18. The number of hydrogen-bond acceptors (Lipinski definition) is 4. The highest BCUT2D eigenvalue weighted by Gasteiger charge is 2.08. The Hall–Kier alpha value is -0.160. The van der Waals surface area contributed by atoms with E-state index in [0.29, 0.717) is 6.04 Å². The smallest absolute Gasteiger partial charge is 0.0483 e. The molecule has 4 heteroatoms. The van der Waals surface area contributed by atoms with E-state index >= 15 is 0 Å². The van der Waals surface area contributed by atoms with Crippen LogP contribution in [-0.2, 0) is 0 Å². The summed E-state index contributed by atoms with van der Waals surface area (Å²) in [6, 6.07) is 0.625. The molecule has 90 valence electrons. The van der Waals surface area contributed by atoms with Gasteiger partial charge in [-0.2, -0.15) is 0 Å². The molecule has 0 amide bonds. The van der Waals surface area contributed by atoms with Crippen molar-refractivity contribution in [2.75, 3.05) is 45.9 Å². The fraction of sp³-hybridized carbons (Fsp3) is 1.00. The highest BCUT2D eigenvalue weighted by Crippen LogP contribution is 1.94. The molecule has 1 fully saturated rings. The standard InChI is InChI=1S/C11H26N4/c1-11(2)15-9-8-13-7-6-12-4-3-5-14-10-15/h11-14H,3-10H2,1-2H3. The van der Waals surface area contributed by atoms with Crippen LogP contribution in [0.4, 0.5) is 0 Å². The molecule has 0 saturated carbocycles. The molecule has 0 spiro atoms. The molecule has 0 aromatic rings. The van der Waals surface area contributed by atoms with Crippen LogP contribution in [0.15, 0.2) is 0 Å². The van der Waals surface area contributed by atoms with E-state index in [1.54, 1.807) is 0 Å². The van der Waals surface area contributed by atoms with E-state index in [1.807, 2.05) is 0 Å². The molecule has 1 aliphatic heterocycles. The summed E-state index contributed by atoms with van der Waals surface area (Å²) in [6.45, 7) is 12.1. The SMILES string of the molecule is CC(C)N1CCNCCNCCCNC1. The Bertz CT molecular complexity index is 138. The van der Waals surface area contributed by atoms with Crippen LogP contribution >= 0.6 is 0 Å². The van der Waals surface area contributed by atoms with E-state index in [1.165, 1.54) is 6.42 Å². The molecular formula is C11H26N4. The fourth-order valence-corrected chi connectivity index (χ4v) is 1.73. The first-order valence-electron chi connectivity index (χ1n) is 6.17. The van der Waals surface area contributed by atoms with Crippen LogP contribution in [0.25, 0.3) is 0 Å². The topological polar surface area (TPSA) is 39.3 Å². The second kappa shape index (κ2) is 8.05. The van der Waals surface area contributed by atoms with Crippen molar-refractivity contribution in [2.45, 2.75) is 26.3 Å². The van der Waals surface area contributed by atoms with Gasteiger partial charge in [0.15, 0.2) is 0 Å². The van der Waals surface area contributed by atoms with Gasteiger partial charge < -0.3 is 16.0 Å². The van der Waals surface area contributed by atoms with Gasteiger partial charge in [-0.15, -0.1) is 0 Å². The molecule has 3 N–H and O–H groups in total. The summed E-state index contributed by atoms with van der Waals surface area (Å²) >= 11 is 0. The van der Waals surface area contributed by atoms with Gasteiger partial charge in [-0.25, -0.2) is 0 Å². The summed E-state index contributed by atoms with van der Waals surface area (Å²) in [6.07, 6.45) is 1.21. The summed E-state index contributed by atoms with van der Waals surface area (Å²) in [5.74, 6) is 0. The van der Waals surface area contributed by atoms with Gasteiger partial charge in [-0.3, -0.25) is 4.90 Å². The molecule has 0 unspecified atom stereocenters. The molecule has 0 aromatic heterocycles. The highest BCUT2D eigenvalue weighted by molar-refractivity contribution is 4.65. The van der Waals surface area contributed by atoms with Crippen molar-refractivity contribution in [3.05, 3.63) is 0 Å². The van der Waals surface area contributed by atoms with Gasteiger partial charge in [0, 0.05) is 38.9 Å². The Morgan fingerprint density at radius 2 is 1.53 bits per heavy atom. The van der Waals surface area contributed by atoms with Gasteiger partial charge in [0.1, 0.15) is 0 Å². The van der Waals surface area contributed by atoms with E-state index in [4.69, 9.17) is 0 Å². The van der Waals surface area contributed by atoms with Crippen molar-refractivity contribution >= 4 is 0 Å². The van der Waals surface area contributed by atoms with Crippen molar-refractivity contribution < 1.29 is 0 Å². The second-order valence-corrected chi connectivity index (χ2v) is 4.42. The molecule has 0 atom stereocenters. The number of hydrogen-bond donors (Lipinski definition) is 3. The molecule has 1 rings (SSSR count). The molecule has 0 radical (unpaired) electrons. The molecule has 1 saturated heterocycles. The normalized spacial score (nSPS) is 23.4.